The molecule has 0 aliphatic heterocycles. The number of nitrogens with zero attached hydrogens (tertiary/aromatic N) is 2. The van der Waals surface area contributed by atoms with Gasteiger partial charge in [-0.15, -0.1) is 0 Å². The van der Waals surface area contributed by atoms with Crippen molar-refractivity contribution in [2.45, 2.75) is 6.92 Å². The van der Waals surface area contributed by atoms with Crippen LogP contribution in [0.25, 0.3) is 0 Å². The lowest BCUT2D eigenvalue weighted by Crippen LogP contribution is -2.14. The highest BCUT2D eigenvalue weighted by Crippen LogP contribution is 2.18. The topological polar surface area (TPSA) is 54.9 Å². The van der Waals surface area contributed by atoms with E-state index in [1.54, 1.807) is 12.1 Å². The van der Waals surface area contributed by atoms with Crippen molar-refractivity contribution in [3.63, 3.8) is 0 Å². The van der Waals surface area contributed by atoms with Crippen LogP contribution < -0.4 is 5.32 Å². The molecule has 0 saturated heterocycles. The van der Waals surface area contributed by atoms with E-state index in [1.807, 2.05) is 13.0 Å². The van der Waals surface area contributed by atoms with Gasteiger partial charge in [0.25, 0.3) is 5.91 Å². The molecule has 18 heavy (non-hydrogen) atoms. The number of hydrogen-bond donors (Lipinski definition) is 1. The van der Waals surface area contributed by atoms with Gasteiger partial charge in [0, 0.05) is 16.9 Å². The van der Waals surface area contributed by atoms with E-state index in [9.17, 15) is 4.79 Å². The monoisotopic (exact) mass is 325 g/mol. The molecule has 2 aromatic rings. The zero-order valence-corrected chi connectivity index (χ0v) is 11.8. The molecule has 0 spiro atoms. The van der Waals surface area contributed by atoms with Crippen molar-refractivity contribution in [2.24, 2.45) is 0 Å². The molecule has 2 aromatic heterocycles. The zero-order chi connectivity index (χ0) is 13.1. The molecule has 0 aromatic carbocycles. The van der Waals surface area contributed by atoms with Gasteiger partial charge in [-0.1, -0.05) is 11.6 Å². The van der Waals surface area contributed by atoms with Crippen molar-refractivity contribution in [2.75, 3.05) is 5.32 Å². The number of hydrogen-bond acceptors (Lipinski definition) is 3. The first kappa shape index (κ1) is 13.0. The molecule has 0 unspecified atom stereocenters. The van der Waals surface area contributed by atoms with Crippen LogP contribution >= 0.6 is 27.5 Å². The van der Waals surface area contributed by atoms with Crippen molar-refractivity contribution in [3.05, 3.63) is 51.3 Å². The van der Waals surface area contributed by atoms with Crippen LogP contribution in [0.15, 0.2) is 35.1 Å². The largest absolute Gasteiger partial charge is 0.306 e. The van der Waals surface area contributed by atoms with Crippen LogP contribution in [0, 0.1) is 6.92 Å². The number of nitrogens with one attached hydrogen (secondary N) is 1. The second-order valence-electron chi connectivity index (χ2n) is 3.57. The van der Waals surface area contributed by atoms with Crippen molar-refractivity contribution in [3.8, 4) is 0 Å². The predicted molar refractivity (Wildman–Crippen MR) is 73.9 cm³/mol. The summed E-state index contributed by atoms with van der Waals surface area (Å²) in [5, 5.41) is 3.03. The SMILES string of the molecule is Cc1nc(NC(=O)c2cnccc2Cl)ccc1Br. The van der Waals surface area contributed by atoms with E-state index in [1.165, 1.54) is 12.4 Å². The Morgan fingerprint density at radius 1 is 1.39 bits per heavy atom. The average Bonchev–Trinajstić information content (AvgIpc) is 2.34. The maximum atomic E-state index is 11.9. The first-order chi connectivity index (χ1) is 8.58. The van der Waals surface area contributed by atoms with Crippen molar-refractivity contribution in [1.82, 2.24) is 9.97 Å². The van der Waals surface area contributed by atoms with Crippen molar-refractivity contribution in [1.29, 1.82) is 0 Å². The predicted octanol–water partition coefficient (Wildman–Crippen LogP) is 3.45. The number of anilines is 1. The Morgan fingerprint density at radius 3 is 2.83 bits per heavy atom. The summed E-state index contributed by atoms with van der Waals surface area (Å²) in [6.45, 7) is 1.84. The summed E-state index contributed by atoms with van der Waals surface area (Å²) in [4.78, 5) is 20.0. The zero-order valence-electron chi connectivity index (χ0n) is 9.45. The number of carbonyl (C=O) groups excluding carboxylic acids is 1. The number of pyridine rings is 2. The Kier molecular flexibility index (Phi) is 3.93. The fourth-order valence-corrected chi connectivity index (χ4v) is 1.75. The summed E-state index contributed by atoms with van der Waals surface area (Å²) in [7, 11) is 0. The standard InChI is InChI=1S/C12H9BrClN3O/c1-7-9(13)2-3-11(16-7)17-12(18)8-6-15-5-4-10(8)14/h2-6H,1H3,(H,16,17,18). The molecule has 0 radical (unpaired) electrons. The van der Waals surface area contributed by atoms with Gasteiger partial charge in [0.1, 0.15) is 5.82 Å². The van der Waals surface area contributed by atoms with E-state index in [-0.39, 0.29) is 5.91 Å². The van der Waals surface area contributed by atoms with E-state index in [0.717, 1.165) is 10.2 Å². The number of rotatable bonds is 2. The van der Waals surface area contributed by atoms with Gasteiger partial charge in [-0.2, -0.15) is 0 Å². The smallest absolute Gasteiger partial charge is 0.259 e. The van der Waals surface area contributed by atoms with Crippen LogP contribution in [0.2, 0.25) is 5.02 Å². The second kappa shape index (κ2) is 5.46. The number of aromatic nitrogens is 2. The minimum atomic E-state index is -0.331. The number of carbonyl (C=O) groups is 1. The van der Waals surface area contributed by atoms with Gasteiger partial charge < -0.3 is 5.32 Å². The molecular weight excluding hydrogens is 318 g/mol. The molecule has 4 nitrogen and oxygen atoms in total. The molecule has 2 heterocycles. The first-order valence-corrected chi connectivity index (χ1v) is 6.29. The normalized spacial score (nSPS) is 10.2. The fraction of sp³-hybridized carbons (Fsp3) is 0.0833. The third kappa shape index (κ3) is 2.86. The molecular formula is C12H9BrClN3O. The van der Waals surface area contributed by atoms with Crippen LogP contribution in [0.1, 0.15) is 16.1 Å². The molecule has 1 N–H and O–H groups in total. The lowest BCUT2D eigenvalue weighted by Gasteiger charge is -2.06. The van der Waals surface area contributed by atoms with Crippen LogP contribution in [0.4, 0.5) is 5.82 Å². The fourth-order valence-electron chi connectivity index (χ4n) is 1.34. The van der Waals surface area contributed by atoms with Gasteiger partial charge in [0.2, 0.25) is 0 Å². The van der Waals surface area contributed by atoms with Crippen molar-refractivity contribution >= 4 is 39.3 Å². The van der Waals surface area contributed by atoms with E-state index < -0.39 is 0 Å². The van der Waals surface area contributed by atoms with Crippen molar-refractivity contribution < 1.29 is 4.79 Å². The highest BCUT2D eigenvalue weighted by molar-refractivity contribution is 9.10. The summed E-state index contributed by atoms with van der Waals surface area (Å²) in [5.41, 5.74) is 1.12. The summed E-state index contributed by atoms with van der Waals surface area (Å²) in [6.07, 6.45) is 2.95. The molecule has 0 aliphatic rings. The number of amides is 1. The van der Waals surface area contributed by atoms with Gasteiger partial charge in [0.05, 0.1) is 16.3 Å². The van der Waals surface area contributed by atoms with Crippen LogP contribution in [0.3, 0.4) is 0 Å². The third-order valence-corrected chi connectivity index (χ3v) is 3.44. The molecule has 6 heteroatoms. The Labute approximate surface area is 118 Å². The highest BCUT2D eigenvalue weighted by Gasteiger charge is 2.11. The lowest BCUT2D eigenvalue weighted by molar-refractivity contribution is 0.102. The Bertz CT molecular complexity index is 604. The van der Waals surface area contributed by atoms with E-state index >= 15 is 0 Å². The highest BCUT2D eigenvalue weighted by atomic mass is 79.9. The summed E-state index contributed by atoms with van der Waals surface area (Å²) >= 11 is 9.26. The maximum Gasteiger partial charge on any atom is 0.259 e. The Morgan fingerprint density at radius 2 is 2.17 bits per heavy atom. The third-order valence-electron chi connectivity index (χ3n) is 2.28. The van der Waals surface area contributed by atoms with Crippen LogP contribution in [-0.4, -0.2) is 15.9 Å². The van der Waals surface area contributed by atoms with Crippen LogP contribution in [0.5, 0.6) is 0 Å². The average molecular weight is 327 g/mol. The van der Waals surface area contributed by atoms with E-state index in [4.69, 9.17) is 11.6 Å². The minimum Gasteiger partial charge on any atom is -0.306 e. The number of aryl methyl sites for hydroxylation is 1. The molecule has 1 amide bonds. The van der Waals surface area contributed by atoms with Gasteiger partial charge in [0.15, 0.2) is 0 Å². The summed E-state index contributed by atoms with van der Waals surface area (Å²) in [6, 6.07) is 5.10. The molecule has 0 fully saturated rings. The Hall–Kier alpha value is -1.46. The molecule has 0 bridgehead atoms. The lowest BCUT2D eigenvalue weighted by atomic mass is 10.2. The molecule has 0 saturated carbocycles. The first-order valence-electron chi connectivity index (χ1n) is 5.12. The van der Waals surface area contributed by atoms with E-state index in [2.05, 4.69) is 31.2 Å². The van der Waals surface area contributed by atoms with Gasteiger partial charge >= 0.3 is 0 Å². The number of halogens is 2. The van der Waals surface area contributed by atoms with Gasteiger partial charge in [-0.05, 0) is 41.1 Å². The molecule has 0 aliphatic carbocycles. The van der Waals surface area contributed by atoms with Crippen LogP contribution in [-0.2, 0) is 0 Å². The quantitative estimate of drug-likeness (QED) is 0.919. The minimum absolute atomic E-state index is 0.321. The summed E-state index contributed by atoms with van der Waals surface area (Å²) in [5.74, 6) is 0.142. The van der Waals surface area contributed by atoms with Gasteiger partial charge in [-0.3, -0.25) is 9.78 Å². The van der Waals surface area contributed by atoms with Gasteiger partial charge in [-0.25, -0.2) is 4.98 Å². The maximum absolute atomic E-state index is 11.9. The molecule has 0 atom stereocenters. The molecule has 2 rings (SSSR count). The second-order valence-corrected chi connectivity index (χ2v) is 4.83. The summed E-state index contributed by atoms with van der Waals surface area (Å²) < 4.78 is 0.889. The molecule has 92 valence electrons. The Balaban J connectivity index is 2.22. The van der Waals surface area contributed by atoms with E-state index in [0.29, 0.717) is 16.4 Å².